The van der Waals surface area contributed by atoms with Gasteiger partial charge in [-0.3, -0.25) is 4.79 Å². The van der Waals surface area contributed by atoms with Crippen LogP contribution in [0.25, 0.3) is 0 Å². The van der Waals surface area contributed by atoms with Crippen LogP contribution in [-0.2, 0) is 5.41 Å². The average Bonchev–Trinajstić information content (AvgIpc) is 2.70. The van der Waals surface area contributed by atoms with E-state index < -0.39 is 17.4 Å². The van der Waals surface area contributed by atoms with Crippen LogP contribution in [0.4, 0.5) is 0 Å². The first kappa shape index (κ1) is 23.4. The molecule has 2 unspecified atom stereocenters. The maximum atomic E-state index is 13.1. The number of benzene rings is 2. The molecule has 1 aliphatic carbocycles. The Hall–Kier alpha value is -1.28. The van der Waals surface area contributed by atoms with Crippen LogP contribution in [0, 0.1) is 18.5 Å². The Kier molecular flexibility index (Phi) is 7.38. The molecule has 2 aromatic rings. The molecule has 4 nitrogen and oxygen atoms in total. The number of phenols is 1. The summed E-state index contributed by atoms with van der Waals surface area (Å²) < 4.78 is 1.44. The van der Waals surface area contributed by atoms with Gasteiger partial charge < -0.3 is 10.4 Å². The molecule has 0 saturated carbocycles. The van der Waals surface area contributed by atoms with Crippen molar-refractivity contribution in [3.05, 3.63) is 82.4 Å². The van der Waals surface area contributed by atoms with E-state index in [1.54, 1.807) is 24.3 Å². The lowest BCUT2D eigenvalue weighted by Gasteiger charge is -2.41. The first-order valence-electron chi connectivity index (χ1n) is 8.87. The van der Waals surface area contributed by atoms with Crippen LogP contribution in [0.2, 0.25) is 10.0 Å². The molecule has 2 N–H and O–H groups in total. The van der Waals surface area contributed by atoms with Gasteiger partial charge in [-0.2, -0.15) is 5.26 Å². The topological polar surface area (TPSA) is 73.1 Å². The molecule has 1 amide bonds. The van der Waals surface area contributed by atoms with Crippen LogP contribution in [0.5, 0.6) is 5.75 Å². The number of aromatic hydroxyl groups is 1. The molecule has 154 valence electrons. The molecule has 0 heterocycles. The first-order valence-corrected chi connectivity index (χ1v) is 11.8. The fourth-order valence-corrected chi connectivity index (χ4v) is 5.65. The monoisotopic (exact) mass is 664 g/mol. The number of phenolic OH excluding ortho intramolecular Hbond substituents is 1. The number of halogens is 4. The molecular weight excluding hydrogens is 649 g/mol. The van der Waals surface area contributed by atoms with E-state index in [-0.39, 0.29) is 17.7 Å². The highest BCUT2D eigenvalue weighted by atomic mass is 127. The zero-order valence-electron chi connectivity index (χ0n) is 15.7. The minimum atomic E-state index is -0.723. The number of nitriles is 1. The van der Waals surface area contributed by atoms with Gasteiger partial charge in [0, 0.05) is 8.99 Å². The summed E-state index contributed by atoms with van der Waals surface area (Å²) in [4.78, 5) is 13.1. The smallest absolute Gasteiger partial charge is 0.255 e. The Balaban J connectivity index is 2.05. The van der Waals surface area contributed by atoms with Crippen LogP contribution in [0.3, 0.4) is 0 Å². The van der Waals surface area contributed by atoms with Crippen molar-refractivity contribution in [3.8, 4) is 11.8 Å². The first-order chi connectivity index (χ1) is 14.2. The lowest BCUT2D eigenvalue weighted by Crippen LogP contribution is -2.50. The molecule has 8 heteroatoms. The Morgan fingerprint density at radius 3 is 2.67 bits per heavy atom. The molecule has 0 bridgehead atoms. The van der Waals surface area contributed by atoms with Crippen molar-refractivity contribution in [3.63, 3.8) is 0 Å². The van der Waals surface area contributed by atoms with E-state index in [1.807, 2.05) is 53.8 Å². The van der Waals surface area contributed by atoms with Gasteiger partial charge in [-0.15, -0.1) is 0 Å². The summed E-state index contributed by atoms with van der Waals surface area (Å²) in [7, 11) is 0. The van der Waals surface area contributed by atoms with Gasteiger partial charge >= 0.3 is 0 Å². The number of hydrogen-bond acceptors (Lipinski definition) is 3. The van der Waals surface area contributed by atoms with Crippen molar-refractivity contribution in [1.82, 2.24) is 5.32 Å². The molecule has 0 aromatic heterocycles. The van der Waals surface area contributed by atoms with Crippen molar-refractivity contribution in [1.29, 1.82) is 5.26 Å². The Labute approximate surface area is 212 Å². The van der Waals surface area contributed by atoms with Gasteiger partial charge in [0.25, 0.3) is 5.91 Å². The molecule has 2 aromatic carbocycles. The zero-order valence-corrected chi connectivity index (χ0v) is 21.5. The Bertz CT molecular complexity index is 1120. The SMILES string of the molecule is CC1(c2ccc(Cl)c(Cl)c2)C(CC#N)=CC=CC1NC(=O)c1cc(I)cc(I)c1O. The molecule has 0 radical (unpaired) electrons. The van der Waals surface area contributed by atoms with Crippen molar-refractivity contribution in [2.45, 2.75) is 24.8 Å². The summed E-state index contributed by atoms with van der Waals surface area (Å²) in [6.07, 6.45) is 5.78. The van der Waals surface area contributed by atoms with Gasteiger partial charge in [0.05, 0.1) is 37.7 Å². The number of amides is 1. The second-order valence-corrected chi connectivity index (χ2v) is 10.2. The standard InChI is InChI=1S/C22H16Cl2I2N2O2/c1-22(13-5-6-16(23)17(24)9-13)12(7-8-27)3-2-4-19(22)28-21(30)15-10-14(25)11-18(26)20(15)29/h2-6,9-11,19,29H,7H2,1H3,(H,28,30). The molecule has 30 heavy (non-hydrogen) atoms. The third kappa shape index (κ3) is 4.49. The maximum Gasteiger partial charge on any atom is 0.255 e. The average molecular weight is 665 g/mol. The van der Waals surface area contributed by atoms with E-state index in [0.717, 1.165) is 14.7 Å². The highest BCUT2D eigenvalue weighted by Gasteiger charge is 2.41. The molecule has 1 aliphatic rings. The van der Waals surface area contributed by atoms with Crippen molar-refractivity contribution >= 4 is 74.3 Å². The van der Waals surface area contributed by atoms with Crippen molar-refractivity contribution < 1.29 is 9.90 Å². The van der Waals surface area contributed by atoms with Crippen molar-refractivity contribution in [2.75, 3.05) is 0 Å². The molecule has 0 aliphatic heterocycles. The van der Waals surface area contributed by atoms with E-state index in [1.165, 1.54) is 0 Å². The van der Waals surface area contributed by atoms with Crippen LogP contribution >= 0.6 is 68.4 Å². The van der Waals surface area contributed by atoms with Gasteiger partial charge in [0.2, 0.25) is 0 Å². The molecule has 0 spiro atoms. The second kappa shape index (κ2) is 9.47. The molecule has 0 fully saturated rings. The van der Waals surface area contributed by atoms with E-state index >= 15 is 0 Å². The summed E-state index contributed by atoms with van der Waals surface area (Å²) >= 11 is 16.5. The molecule has 0 saturated heterocycles. The van der Waals surface area contributed by atoms with Crippen LogP contribution in [0.1, 0.15) is 29.3 Å². The lowest BCUT2D eigenvalue weighted by atomic mass is 9.67. The molecule has 2 atom stereocenters. The fourth-order valence-electron chi connectivity index (χ4n) is 3.51. The largest absolute Gasteiger partial charge is 0.506 e. The number of allylic oxidation sites excluding steroid dienone is 2. The second-order valence-electron chi connectivity index (χ2n) is 6.98. The fraction of sp³-hybridized carbons (Fsp3) is 0.182. The predicted molar refractivity (Wildman–Crippen MR) is 136 cm³/mol. The van der Waals surface area contributed by atoms with Gasteiger partial charge in [-0.25, -0.2) is 0 Å². The normalized spacial score (nSPS) is 20.4. The van der Waals surface area contributed by atoms with E-state index in [4.69, 9.17) is 23.2 Å². The Morgan fingerprint density at radius 1 is 1.27 bits per heavy atom. The Morgan fingerprint density at radius 2 is 2.00 bits per heavy atom. The predicted octanol–water partition coefficient (Wildman–Crippen LogP) is 6.37. The number of carbonyl (C=O) groups excluding carboxylic acids is 1. The summed E-state index contributed by atoms with van der Waals surface area (Å²) in [5, 5.41) is 23.6. The highest BCUT2D eigenvalue weighted by molar-refractivity contribution is 14.1. The van der Waals surface area contributed by atoms with Gasteiger partial charge in [0.1, 0.15) is 5.75 Å². The number of nitrogens with one attached hydrogen (secondary N) is 1. The maximum absolute atomic E-state index is 13.1. The highest BCUT2D eigenvalue weighted by Crippen LogP contribution is 2.42. The minimum Gasteiger partial charge on any atom is -0.506 e. The quantitative estimate of drug-likeness (QED) is 0.373. The summed E-state index contributed by atoms with van der Waals surface area (Å²) in [5.74, 6) is -0.458. The van der Waals surface area contributed by atoms with Crippen LogP contribution in [-0.4, -0.2) is 17.1 Å². The third-order valence-electron chi connectivity index (χ3n) is 5.24. The summed E-state index contributed by atoms with van der Waals surface area (Å²) in [6.45, 7) is 1.96. The van der Waals surface area contributed by atoms with Gasteiger partial charge in [-0.1, -0.05) is 47.5 Å². The number of rotatable bonds is 4. The summed E-state index contributed by atoms with van der Waals surface area (Å²) in [5.41, 5.74) is 1.15. The van der Waals surface area contributed by atoms with Gasteiger partial charge in [0.15, 0.2) is 0 Å². The van der Waals surface area contributed by atoms with Crippen LogP contribution in [0.15, 0.2) is 54.1 Å². The van der Waals surface area contributed by atoms with Crippen LogP contribution < -0.4 is 5.32 Å². The van der Waals surface area contributed by atoms with Gasteiger partial charge in [-0.05, 0) is 87.5 Å². The number of carbonyl (C=O) groups is 1. The van der Waals surface area contributed by atoms with E-state index in [2.05, 4.69) is 34.0 Å². The zero-order chi connectivity index (χ0) is 22.1. The number of hydrogen-bond donors (Lipinski definition) is 2. The minimum absolute atomic E-state index is 0.0580. The van der Waals surface area contributed by atoms with E-state index in [9.17, 15) is 15.2 Å². The molecule has 3 rings (SSSR count). The summed E-state index contributed by atoms with van der Waals surface area (Å²) in [6, 6.07) is 10.5. The van der Waals surface area contributed by atoms with E-state index in [0.29, 0.717) is 13.6 Å². The lowest BCUT2D eigenvalue weighted by molar-refractivity contribution is 0.0929. The number of nitrogens with zero attached hydrogens (tertiary/aromatic N) is 1. The third-order valence-corrected chi connectivity index (χ3v) is 7.42. The van der Waals surface area contributed by atoms with Crippen molar-refractivity contribution in [2.24, 2.45) is 0 Å². The molecular formula is C22H16Cl2I2N2O2.